The molecule has 1 amide bonds. The molecule has 1 atom stereocenters. The van der Waals surface area contributed by atoms with Crippen molar-refractivity contribution in [2.45, 2.75) is 44.8 Å². The largest absolute Gasteiger partial charge is 0.371 e. The zero-order chi connectivity index (χ0) is 21.5. The lowest BCUT2D eigenvalue weighted by molar-refractivity contribution is 0.0951. The van der Waals surface area contributed by atoms with E-state index < -0.39 is 0 Å². The monoisotopic (exact) mass is 434 g/mol. The van der Waals surface area contributed by atoms with E-state index in [2.05, 4.69) is 57.1 Å². The number of piperidine rings is 1. The first-order valence-corrected chi connectivity index (χ1v) is 11.9. The lowest BCUT2D eigenvalue weighted by Crippen LogP contribution is -2.46. The summed E-state index contributed by atoms with van der Waals surface area (Å²) in [7, 11) is 0. The van der Waals surface area contributed by atoms with Gasteiger partial charge in [-0.3, -0.25) is 9.78 Å². The van der Waals surface area contributed by atoms with Gasteiger partial charge in [-0.25, -0.2) is 0 Å². The predicted molar refractivity (Wildman–Crippen MR) is 128 cm³/mol. The van der Waals surface area contributed by atoms with Gasteiger partial charge in [0.15, 0.2) is 0 Å². The van der Waals surface area contributed by atoms with Gasteiger partial charge in [0.25, 0.3) is 5.91 Å². The van der Waals surface area contributed by atoms with Crippen molar-refractivity contribution in [2.24, 2.45) is 0 Å². The number of pyridine rings is 1. The third-order valence-corrected chi connectivity index (χ3v) is 6.67. The summed E-state index contributed by atoms with van der Waals surface area (Å²) in [5.41, 5.74) is 2.87. The van der Waals surface area contributed by atoms with Crippen molar-refractivity contribution in [2.75, 3.05) is 18.0 Å². The Balaban J connectivity index is 1.23. The fourth-order valence-corrected chi connectivity index (χ4v) is 4.94. The minimum Gasteiger partial charge on any atom is -0.371 e. The molecule has 1 saturated heterocycles. The third kappa shape index (κ3) is 6.15. The number of hydrogen-bond acceptors (Lipinski definition) is 5. The molecule has 5 nitrogen and oxygen atoms in total. The van der Waals surface area contributed by atoms with Gasteiger partial charge in [-0.1, -0.05) is 12.1 Å². The van der Waals surface area contributed by atoms with Gasteiger partial charge < -0.3 is 15.5 Å². The number of thiophene rings is 1. The summed E-state index contributed by atoms with van der Waals surface area (Å²) in [6, 6.07) is 17.2. The molecule has 0 bridgehead atoms. The maximum absolute atomic E-state index is 12.4. The number of aromatic nitrogens is 1. The number of amides is 1. The van der Waals surface area contributed by atoms with Crippen LogP contribution in [0.4, 0.5) is 5.69 Å². The van der Waals surface area contributed by atoms with E-state index in [9.17, 15) is 4.79 Å². The van der Waals surface area contributed by atoms with Crippen molar-refractivity contribution in [1.82, 2.24) is 15.6 Å². The van der Waals surface area contributed by atoms with Crippen LogP contribution < -0.4 is 15.5 Å². The molecular formula is C25H30N4OS. The average molecular weight is 435 g/mol. The molecule has 162 valence electrons. The maximum atomic E-state index is 12.4. The Morgan fingerprint density at radius 3 is 2.65 bits per heavy atom. The second kappa shape index (κ2) is 10.6. The molecule has 0 spiro atoms. The molecule has 1 fully saturated rings. The summed E-state index contributed by atoms with van der Waals surface area (Å²) >= 11 is 1.84. The van der Waals surface area contributed by atoms with Crippen LogP contribution in [0.2, 0.25) is 0 Å². The minimum atomic E-state index is -0.0574. The smallest absolute Gasteiger partial charge is 0.251 e. The minimum absolute atomic E-state index is 0.0574. The van der Waals surface area contributed by atoms with Crippen LogP contribution in [0.1, 0.15) is 40.6 Å². The van der Waals surface area contributed by atoms with Gasteiger partial charge in [-0.15, -0.1) is 11.3 Å². The number of rotatable bonds is 8. The second-order valence-corrected chi connectivity index (χ2v) is 9.24. The highest BCUT2D eigenvalue weighted by Crippen LogP contribution is 2.21. The zero-order valence-corrected chi connectivity index (χ0v) is 18.8. The molecular weight excluding hydrogens is 404 g/mol. The van der Waals surface area contributed by atoms with E-state index >= 15 is 0 Å². The van der Waals surface area contributed by atoms with Gasteiger partial charge >= 0.3 is 0 Å². The quantitative estimate of drug-likeness (QED) is 0.556. The van der Waals surface area contributed by atoms with E-state index in [1.54, 1.807) is 12.4 Å². The van der Waals surface area contributed by atoms with E-state index in [4.69, 9.17) is 0 Å². The van der Waals surface area contributed by atoms with Crippen molar-refractivity contribution < 1.29 is 4.79 Å². The van der Waals surface area contributed by atoms with Crippen LogP contribution in [0.15, 0.2) is 66.3 Å². The lowest BCUT2D eigenvalue weighted by Gasteiger charge is -2.35. The number of nitrogens with one attached hydrogen (secondary N) is 2. The van der Waals surface area contributed by atoms with E-state index in [0.29, 0.717) is 24.2 Å². The molecule has 0 saturated carbocycles. The van der Waals surface area contributed by atoms with Crippen LogP contribution in [-0.2, 0) is 13.0 Å². The number of hydrogen-bond donors (Lipinski definition) is 2. The van der Waals surface area contributed by atoms with Gasteiger partial charge in [0, 0.05) is 60.2 Å². The van der Waals surface area contributed by atoms with E-state index in [0.717, 1.165) is 37.9 Å². The molecule has 1 aliphatic heterocycles. The Bertz CT molecular complexity index is 935. The molecule has 0 radical (unpaired) electrons. The van der Waals surface area contributed by atoms with Crippen molar-refractivity contribution >= 4 is 22.9 Å². The maximum Gasteiger partial charge on any atom is 0.251 e. The first-order chi connectivity index (χ1) is 15.2. The Morgan fingerprint density at radius 1 is 1.16 bits per heavy atom. The molecule has 31 heavy (non-hydrogen) atoms. The molecule has 0 aliphatic carbocycles. The van der Waals surface area contributed by atoms with Crippen LogP contribution in [-0.4, -0.2) is 36.1 Å². The van der Waals surface area contributed by atoms with Crippen molar-refractivity contribution in [1.29, 1.82) is 0 Å². The van der Waals surface area contributed by atoms with Gasteiger partial charge in [-0.2, -0.15) is 0 Å². The summed E-state index contributed by atoms with van der Waals surface area (Å²) in [6.45, 7) is 4.84. The van der Waals surface area contributed by atoms with Crippen LogP contribution >= 0.6 is 11.3 Å². The van der Waals surface area contributed by atoms with Gasteiger partial charge in [0.1, 0.15) is 0 Å². The van der Waals surface area contributed by atoms with Crippen LogP contribution in [0, 0.1) is 0 Å². The summed E-state index contributed by atoms with van der Waals surface area (Å²) in [4.78, 5) is 20.3. The molecule has 6 heteroatoms. The van der Waals surface area contributed by atoms with Gasteiger partial charge in [-0.05, 0) is 73.5 Å². The highest BCUT2D eigenvalue weighted by Gasteiger charge is 2.21. The molecule has 2 N–H and O–H groups in total. The van der Waals surface area contributed by atoms with Crippen molar-refractivity contribution in [3.63, 3.8) is 0 Å². The molecule has 3 heterocycles. The SMILES string of the molecule is C[C@@H](Cc1cccs1)NC1CCN(c2ccc(C(=O)NCc3cccnc3)cc2)CC1. The van der Waals surface area contributed by atoms with E-state index in [1.165, 1.54) is 10.6 Å². The standard InChI is InChI=1S/C25H30N4OS/c1-19(16-24-5-3-15-31-24)28-22-10-13-29(14-11-22)23-8-6-21(7-9-23)25(30)27-18-20-4-2-12-26-17-20/h2-9,12,15,17,19,22,28H,10-11,13-14,16,18H2,1H3,(H,27,30)/t19-/m0/s1. The van der Waals surface area contributed by atoms with E-state index in [1.807, 2.05) is 35.6 Å². The topological polar surface area (TPSA) is 57.3 Å². The fourth-order valence-electron chi connectivity index (χ4n) is 4.11. The number of carbonyl (C=O) groups excluding carboxylic acids is 1. The molecule has 4 rings (SSSR count). The number of benzene rings is 1. The first-order valence-electron chi connectivity index (χ1n) is 11.0. The molecule has 3 aromatic rings. The molecule has 2 aromatic heterocycles. The van der Waals surface area contributed by atoms with Crippen molar-refractivity contribution in [3.05, 3.63) is 82.3 Å². The summed E-state index contributed by atoms with van der Waals surface area (Å²) in [5.74, 6) is -0.0574. The Hall–Kier alpha value is -2.70. The average Bonchev–Trinajstić information content (AvgIpc) is 3.32. The molecule has 0 unspecified atom stereocenters. The van der Waals surface area contributed by atoms with Crippen LogP contribution in [0.3, 0.4) is 0 Å². The predicted octanol–water partition coefficient (Wildman–Crippen LogP) is 4.26. The highest BCUT2D eigenvalue weighted by atomic mass is 32.1. The summed E-state index contributed by atoms with van der Waals surface area (Å²) < 4.78 is 0. The highest BCUT2D eigenvalue weighted by molar-refractivity contribution is 7.09. The Kier molecular flexibility index (Phi) is 7.33. The summed E-state index contributed by atoms with van der Waals surface area (Å²) in [6.07, 6.45) is 6.88. The number of anilines is 1. The Morgan fingerprint density at radius 2 is 1.97 bits per heavy atom. The van der Waals surface area contributed by atoms with Crippen LogP contribution in [0.5, 0.6) is 0 Å². The zero-order valence-electron chi connectivity index (χ0n) is 18.0. The molecule has 1 aromatic carbocycles. The lowest BCUT2D eigenvalue weighted by atomic mass is 10.0. The Labute approximate surface area is 188 Å². The first kappa shape index (κ1) is 21.5. The van der Waals surface area contributed by atoms with Gasteiger partial charge in [0.05, 0.1) is 0 Å². The third-order valence-electron chi connectivity index (χ3n) is 5.77. The van der Waals surface area contributed by atoms with Crippen LogP contribution in [0.25, 0.3) is 0 Å². The van der Waals surface area contributed by atoms with Gasteiger partial charge in [0.2, 0.25) is 0 Å². The number of nitrogens with zero attached hydrogens (tertiary/aromatic N) is 2. The summed E-state index contributed by atoms with van der Waals surface area (Å²) in [5, 5.41) is 8.91. The second-order valence-electron chi connectivity index (χ2n) is 8.20. The number of carbonyl (C=O) groups is 1. The van der Waals surface area contributed by atoms with E-state index in [-0.39, 0.29) is 5.91 Å². The van der Waals surface area contributed by atoms with Crippen molar-refractivity contribution in [3.8, 4) is 0 Å². The fraction of sp³-hybridized carbons (Fsp3) is 0.360. The molecule has 1 aliphatic rings. The normalized spacial score (nSPS) is 15.6.